The van der Waals surface area contributed by atoms with E-state index in [0.717, 1.165) is 17.7 Å². The third kappa shape index (κ3) is 7.31. The Morgan fingerprint density at radius 2 is 1.97 bits per heavy atom. The van der Waals surface area contributed by atoms with Crippen molar-refractivity contribution in [2.75, 3.05) is 40.0 Å². The van der Waals surface area contributed by atoms with Gasteiger partial charge in [0.15, 0.2) is 5.78 Å². The van der Waals surface area contributed by atoms with Crippen LogP contribution >= 0.6 is 23.2 Å². The van der Waals surface area contributed by atoms with Crippen molar-refractivity contribution in [1.29, 1.82) is 0 Å². The molecule has 1 saturated heterocycles. The summed E-state index contributed by atoms with van der Waals surface area (Å²) >= 11 is 12.7. The minimum Gasteiger partial charge on any atom is -0.497 e. The van der Waals surface area contributed by atoms with Crippen LogP contribution < -0.4 is 20.1 Å². The van der Waals surface area contributed by atoms with Gasteiger partial charge in [0.05, 0.1) is 18.7 Å². The molecule has 2 aromatic rings. The van der Waals surface area contributed by atoms with E-state index in [1.165, 1.54) is 0 Å². The topological polar surface area (TPSA) is 89.0 Å². The number of hydrogen-bond acceptors (Lipinski definition) is 7. The highest BCUT2D eigenvalue weighted by atomic mass is 35.5. The molecule has 0 spiro atoms. The van der Waals surface area contributed by atoms with E-state index in [1.54, 1.807) is 19.2 Å². The summed E-state index contributed by atoms with van der Waals surface area (Å²) < 4.78 is 16.4. The van der Waals surface area contributed by atoms with E-state index in [1.807, 2.05) is 24.3 Å². The van der Waals surface area contributed by atoms with Crippen LogP contribution in [0.25, 0.3) is 0 Å². The summed E-state index contributed by atoms with van der Waals surface area (Å²) in [6.45, 7) is 6.10. The monoisotopic (exact) mass is 510 g/mol. The molecule has 7 nitrogen and oxygen atoms in total. The lowest BCUT2D eigenvalue weighted by Crippen LogP contribution is -2.46. The van der Waals surface area contributed by atoms with Gasteiger partial charge in [-0.3, -0.25) is 4.79 Å². The van der Waals surface area contributed by atoms with Crippen LogP contribution in [-0.2, 0) is 11.2 Å². The van der Waals surface area contributed by atoms with Crippen LogP contribution in [0.5, 0.6) is 11.5 Å². The molecule has 3 N–H and O–H groups in total. The van der Waals surface area contributed by atoms with E-state index >= 15 is 0 Å². The second-order valence-corrected chi connectivity index (χ2v) is 9.68. The van der Waals surface area contributed by atoms with Gasteiger partial charge in [0.1, 0.15) is 35.3 Å². The Bertz CT molecular complexity index is 963. The quantitative estimate of drug-likeness (QED) is 0.398. The second kappa shape index (κ2) is 12.2. The first-order chi connectivity index (χ1) is 16.2. The zero-order chi connectivity index (χ0) is 24.7. The molecule has 2 aromatic carbocycles. The summed E-state index contributed by atoms with van der Waals surface area (Å²) in [4.78, 5) is 12.7. The maximum Gasteiger partial charge on any atom is 0.194 e. The number of β-amino-alcohol motifs (C(OH)–C–C–N with tert-alkyl or cyclic N) is 1. The molecule has 0 amide bonds. The van der Waals surface area contributed by atoms with Crippen LogP contribution in [0, 0.1) is 0 Å². The van der Waals surface area contributed by atoms with Crippen molar-refractivity contribution in [2.24, 2.45) is 0 Å². The van der Waals surface area contributed by atoms with Crippen LogP contribution in [0.2, 0.25) is 10.0 Å². The van der Waals surface area contributed by atoms with Crippen LogP contribution in [-0.4, -0.2) is 68.6 Å². The van der Waals surface area contributed by atoms with E-state index in [4.69, 9.17) is 37.4 Å². The van der Waals surface area contributed by atoms with Gasteiger partial charge in [-0.15, -0.1) is 0 Å². The smallest absolute Gasteiger partial charge is 0.194 e. The number of Topliss-reactive ketones (excluding diaryl/α,β-unsaturated/α-hetero) is 1. The maximum absolute atomic E-state index is 12.7. The molecule has 186 valence electrons. The molecule has 0 aliphatic carbocycles. The number of aliphatic hydroxyl groups excluding tert-OH is 1. The van der Waals surface area contributed by atoms with E-state index in [9.17, 15) is 9.90 Å². The number of morpholine rings is 1. The number of carbonyl (C=O) groups is 1. The second-order valence-electron chi connectivity index (χ2n) is 8.92. The number of ketones is 1. The predicted molar refractivity (Wildman–Crippen MR) is 134 cm³/mol. The molecule has 3 rings (SSSR count). The Labute approximate surface area is 210 Å². The van der Waals surface area contributed by atoms with E-state index < -0.39 is 12.2 Å². The SMILES string of the molecule is COc1ccc(CC(C)(C)NCC(O)COc2ccc(C(=O)C3CNCCO3)c(Cl)c2Cl)cc1. The number of ether oxygens (including phenoxy) is 3. The van der Waals surface area contributed by atoms with Crippen LogP contribution in [0.15, 0.2) is 36.4 Å². The summed E-state index contributed by atoms with van der Waals surface area (Å²) in [6, 6.07) is 11.1. The summed E-state index contributed by atoms with van der Waals surface area (Å²) in [6.07, 6.45) is -0.585. The number of benzene rings is 2. The molecule has 1 fully saturated rings. The van der Waals surface area contributed by atoms with Gasteiger partial charge in [-0.05, 0) is 50.1 Å². The van der Waals surface area contributed by atoms with Gasteiger partial charge in [-0.25, -0.2) is 0 Å². The largest absolute Gasteiger partial charge is 0.497 e. The molecule has 0 aromatic heterocycles. The lowest BCUT2D eigenvalue weighted by atomic mass is 9.94. The fraction of sp³-hybridized carbons (Fsp3) is 0.480. The number of methoxy groups -OCH3 is 1. The molecule has 2 atom stereocenters. The fourth-order valence-electron chi connectivity index (χ4n) is 3.70. The molecule has 1 aliphatic rings. The highest BCUT2D eigenvalue weighted by Crippen LogP contribution is 2.35. The highest BCUT2D eigenvalue weighted by Gasteiger charge is 2.27. The standard InChI is InChI=1S/C25H32Cl2N2O5/c1-25(2,12-16-4-6-18(32-3)7-5-16)29-13-17(30)15-34-20-9-8-19(22(26)23(20)27)24(31)21-14-28-10-11-33-21/h4-9,17,21,28-30H,10-15H2,1-3H3. The number of rotatable bonds is 11. The van der Waals surface area contributed by atoms with Crippen molar-refractivity contribution in [3.8, 4) is 11.5 Å². The minimum absolute atomic E-state index is 0.0185. The van der Waals surface area contributed by atoms with Crippen molar-refractivity contribution in [3.63, 3.8) is 0 Å². The third-order valence-corrected chi connectivity index (χ3v) is 6.45. The first-order valence-corrected chi connectivity index (χ1v) is 12.0. The van der Waals surface area contributed by atoms with Gasteiger partial charge in [0, 0.05) is 30.7 Å². The number of carbonyl (C=O) groups excluding carboxylic acids is 1. The molecule has 0 radical (unpaired) electrons. The Morgan fingerprint density at radius 3 is 2.62 bits per heavy atom. The zero-order valence-electron chi connectivity index (χ0n) is 19.7. The molecule has 0 saturated carbocycles. The van der Waals surface area contributed by atoms with Crippen LogP contribution in [0.1, 0.15) is 29.8 Å². The van der Waals surface area contributed by atoms with Gasteiger partial charge in [0.2, 0.25) is 0 Å². The van der Waals surface area contributed by atoms with Gasteiger partial charge < -0.3 is 30.0 Å². The summed E-state index contributed by atoms with van der Waals surface area (Å²) in [7, 11) is 1.64. The van der Waals surface area contributed by atoms with Crippen molar-refractivity contribution in [1.82, 2.24) is 10.6 Å². The summed E-state index contributed by atoms with van der Waals surface area (Å²) in [5.74, 6) is 0.897. The molecule has 1 heterocycles. The average Bonchev–Trinajstić information content (AvgIpc) is 2.84. The Morgan fingerprint density at radius 1 is 1.24 bits per heavy atom. The van der Waals surface area contributed by atoms with Crippen molar-refractivity contribution in [3.05, 3.63) is 57.6 Å². The van der Waals surface area contributed by atoms with Gasteiger partial charge in [-0.2, -0.15) is 0 Å². The van der Waals surface area contributed by atoms with Gasteiger partial charge in [-0.1, -0.05) is 35.3 Å². The lowest BCUT2D eigenvalue weighted by Gasteiger charge is -2.28. The van der Waals surface area contributed by atoms with Gasteiger partial charge >= 0.3 is 0 Å². The molecular weight excluding hydrogens is 479 g/mol. The van der Waals surface area contributed by atoms with Crippen molar-refractivity contribution in [2.45, 2.75) is 38.0 Å². The normalized spacial score (nSPS) is 17.3. The summed E-state index contributed by atoms with van der Waals surface area (Å²) in [5, 5.41) is 17.2. The lowest BCUT2D eigenvalue weighted by molar-refractivity contribution is 0.0269. The van der Waals surface area contributed by atoms with Crippen molar-refractivity contribution < 1.29 is 24.1 Å². The Hall–Kier alpha value is -1.87. The molecule has 9 heteroatoms. The summed E-state index contributed by atoms with van der Waals surface area (Å²) in [5.41, 5.74) is 1.21. The van der Waals surface area contributed by atoms with Gasteiger partial charge in [0.25, 0.3) is 0 Å². The first kappa shape index (κ1) is 26.7. The maximum atomic E-state index is 12.7. The zero-order valence-corrected chi connectivity index (χ0v) is 21.2. The Balaban J connectivity index is 1.51. The van der Waals surface area contributed by atoms with Crippen molar-refractivity contribution >= 4 is 29.0 Å². The number of aliphatic hydroxyl groups is 1. The van der Waals surface area contributed by atoms with E-state index in [2.05, 4.69) is 24.5 Å². The van der Waals surface area contributed by atoms with E-state index in [0.29, 0.717) is 32.0 Å². The number of hydrogen-bond donors (Lipinski definition) is 3. The minimum atomic E-state index is -0.770. The first-order valence-electron chi connectivity index (χ1n) is 11.2. The highest BCUT2D eigenvalue weighted by molar-refractivity contribution is 6.44. The molecule has 1 aliphatic heterocycles. The average molecular weight is 511 g/mol. The third-order valence-electron chi connectivity index (χ3n) is 5.58. The number of halogens is 2. The molecule has 0 bridgehead atoms. The number of nitrogens with one attached hydrogen (secondary N) is 2. The van der Waals surface area contributed by atoms with E-state index in [-0.39, 0.29) is 33.5 Å². The molecule has 2 unspecified atom stereocenters. The predicted octanol–water partition coefficient (Wildman–Crippen LogP) is 3.52. The molecule has 34 heavy (non-hydrogen) atoms. The van der Waals surface area contributed by atoms with Crippen LogP contribution in [0.3, 0.4) is 0 Å². The molecular formula is C25H32Cl2N2O5. The van der Waals surface area contributed by atoms with Crippen LogP contribution in [0.4, 0.5) is 0 Å². The Kier molecular flexibility index (Phi) is 9.59. The fourth-order valence-corrected chi connectivity index (χ4v) is 4.16.